The summed E-state index contributed by atoms with van der Waals surface area (Å²) in [7, 11) is -2.93. The molecule has 0 atom stereocenters. The van der Waals surface area contributed by atoms with Crippen molar-refractivity contribution in [2.75, 3.05) is 0 Å². The van der Waals surface area contributed by atoms with Crippen molar-refractivity contribution in [3.8, 4) is 0 Å². The number of unbranched alkanes of at least 4 members (excludes halogenated alkanes) is 39. The molecule has 818 valence electrons. The van der Waals surface area contributed by atoms with E-state index in [0.717, 1.165) is 108 Å². The molecule has 0 heterocycles. The van der Waals surface area contributed by atoms with Gasteiger partial charge in [0.25, 0.3) is 0 Å². The van der Waals surface area contributed by atoms with E-state index in [-0.39, 0.29) is 32.5 Å². The lowest BCUT2D eigenvalue weighted by Crippen LogP contribution is -2.43. The highest BCUT2D eigenvalue weighted by Crippen LogP contribution is 2.68. The Morgan fingerprint density at radius 1 is 0.166 bits per heavy atom. The van der Waals surface area contributed by atoms with Gasteiger partial charge >= 0.3 is 8.60 Å². The van der Waals surface area contributed by atoms with Gasteiger partial charge in [-0.1, -0.05) is 649 Å². The van der Waals surface area contributed by atoms with E-state index in [1.807, 2.05) is 0 Å². The Kier molecular flexibility index (Phi) is 49.7. The summed E-state index contributed by atoms with van der Waals surface area (Å²) < 4.78 is 29.9. The maximum Gasteiger partial charge on any atom is 0.337 e. The van der Waals surface area contributed by atoms with E-state index in [1.54, 1.807) is 0 Å². The summed E-state index contributed by atoms with van der Waals surface area (Å²) in [5.74, 6) is 0. The molecule has 0 N–H and O–H groups in total. The zero-order valence-electron chi connectivity index (χ0n) is 103. The van der Waals surface area contributed by atoms with Gasteiger partial charge < -0.3 is 0 Å². The van der Waals surface area contributed by atoms with Gasteiger partial charge in [0.05, 0.1) is 0 Å². The molecule has 6 rings (SSSR count). The van der Waals surface area contributed by atoms with Crippen molar-refractivity contribution in [1.82, 2.24) is 0 Å². The van der Waals surface area contributed by atoms with Crippen LogP contribution in [0.15, 0.2) is 146 Å². The summed E-state index contributed by atoms with van der Waals surface area (Å²) in [6, 6.07) is 45.5. The molecule has 4 heteroatoms. The van der Waals surface area contributed by atoms with E-state index in [0.29, 0.717) is 19.3 Å². The van der Waals surface area contributed by atoms with Crippen LogP contribution in [-0.4, -0.2) is 0 Å². The van der Waals surface area contributed by atoms with Gasteiger partial charge in [0.2, 0.25) is 0 Å². The molecule has 0 amide bonds. The van der Waals surface area contributed by atoms with Crippen molar-refractivity contribution in [2.45, 2.75) is 641 Å². The number of rotatable bonds is 60. The Labute approximate surface area is 902 Å². The van der Waals surface area contributed by atoms with Crippen LogP contribution in [0.3, 0.4) is 0 Å². The lowest BCUT2D eigenvalue weighted by atomic mass is 9.67. The summed E-state index contributed by atoms with van der Waals surface area (Å²) in [5.41, 5.74) is 16.1. The van der Waals surface area contributed by atoms with E-state index in [9.17, 15) is 13.6 Å². The third-order valence-electron chi connectivity index (χ3n) is 32.1. The molecule has 0 aliphatic carbocycles. The van der Waals surface area contributed by atoms with Crippen LogP contribution in [0.2, 0.25) is 0 Å². The summed E-state index contributed by atoms with van der Waals surface area (Å²) in [6.07, 6.45) is 55.4. The summed E-state index contributed by atoms with van der Waals surface area (Å²) in [5, 5.41) is 0. The molecule has 0 aromatic heterocycles. The summed E-state index contributed by atoms with van der Waals surface area (Å²) in [6.45, 7) is 112. The molecule has 0 fully saturated rings. The number of benzene rings is 6. The Hall–Kier alpha value is -5.15. The highest BCUT2D eigenvalue weighted by Gasteiger charge is 2.57. The first-order valence-corrected chi connectivity index (χ1v) is 61.2. The molecule has 0 saturated carbocycles. The van der Waals surface area contributed by atoms with Gasteiger partial charge in [-0.15, -0.1) is 0 Å². The van der Waals surface area contributed by atoms with Crippen LogP contribution in [0.5, 0.6) is 0 Å². The van der Waals surface area contributed by atoms with Gasteiger partial charge in [0.1, 0.15) is 16.8 Å². The average molecular weight is 2010 g/mol. The van der Waals surface area contributed by atoms with E-state index >= 15 is 0 Å². The van der Waals surface area contributed by atoms with Crippen LogP contribution in [0.25, 0.3) is 0 Å². The molecular formula is C141H231O3P. The average Bonchev–Trinajstić information content (AvgIpc) is 0.699. The third-order valence-corrected chi connectivity index (χ3v) is 33.3. The Morgan fingerprint density at radius 2 is 0.283 bits per heavy atom. The van der Waals surface area contributed by atoms with Crippen LogP contribution in [0, 0.1) is 0 Å². The molecule has 6 aromatic rings. The SMILES string of the molecule is C=C(CCCCCCCCCCCCCCCC)C(OP(OC(C(=C)CCCCCCCCCCCCCCCC)(c1ccc(C(C)(C)C)cc1C(C)(C)C)c1ccc(C(C)(C)C)cc1C(C)(C)C)OC(C(=C)CCCCCCCCCCCCCCCC)(c1ccc(C(C)(C)C)cc1C(C)(C)C)c1ccc(C(C)(C)C)cc1C(C)(C)C)(c1ccc(C(C)(C)C)cc1C(C)(C)C)c1ccc(C(C)(C)C)cc1C(C)(C)C. The molecule has 0 bridgehead atoms. The highest BCUT2D eigenvalue weighted by molar-refractivity contribution is 7.41. The van der Waals surface area contributed by atoms with Gasteiger partial charge in [-0.25, -0.2) is 0 Å². The molecule has 0 saturated heterocycles. The first-order valence-electron chi connectivity index (χ1n) is 60.1. The second kappa shape index (κ2) is 56.1. The van der Waals surface area contributed by atoms with Crippen LogP contribution in [0.4, 0.5) is 0 Å². The molecule has 145 heavy (non-hydrogen) atoms. The fraction of sp³-hybridized carbons (Fsp3) is 0.702. The predicted molar refractivity (Wildman–Crippen MR) is 648 cm³/mol. The van der Waals surface area contributed by atoms with Crippen molar-refractivity contribution >= 4 is 8.60 Å². The van der Waals surface area contributed by atoms with E-state index in [2.05, 4.69) is 379 Å². The molecular weight excluding hydrogens is 1770 g/mol. The Morgan fingerprint density at radius 3 is 0.393 bits per heavy atom. The van der Waals surface area contributed by atoms with E-state index in [4.69, 9.17) is 19.7 Å². The standard InChI is InChI=1S/C141H231O3P/c1-43-46-49-52-55-58-61-64-67-70-73-76-79-82-85-106(4)139(115-94-88-109(127(7,8)9)100-121(115)133(25,26)27,116-95-89-110(128(10,11)12)101-122(116)134(28,29)30)142-145(143-140(117-96-90-111(129(13,14)15)102-123(117)135(31,32)33,118-97-91-112(130(16,17)18)103-124(118)136(34,35)36)107(5)86-83-80-77-74-71-68-65-62-59-56-53-50-47-44-2)144-141(119-98-92-113(131(19,20)21)104-125(119)137(37,38)39,120-99-93-114(132(22,23)24)105-126(120)138(40,41)42)108(6)87-84-81-78-75-72-69-66-63-60-57-54-51-48-45-3/h88-105H,4-6,43-87H2,1-3,7-42H3. The van der Waals surface area contributed by atoms with Crippen molar-refractivity contribution in [1.29, 1.82) is 0 Å². The zero-order valence-corrected chi connectivity index (χ0v) is 104. The molecule has 0 aliphatic rings. The molecule has 6 aromatic carbocycles. The lowest BCUT2D eigenvalue weighted by molar-refractivity contribution is 0.00984. The smallest absolute Gasteiger partial charge is 0.291 e. The van der Waals surface area contributed by atoms with Crippen LogP contribution in [-0.2, 0) is 95.4 Å². The fourth-order valence-electron chi connectivity index (χ4n) is 22.2. The van der Waals surface area contributed by atoms with Crippen molar-refractivity contribution in [3.05, 3.63) is 246 Å². The molecule has 3 nitrogen and oxygen atoms in total. The minimum absolute atomic E-state index is 0.210. The molecule has 0 radical (unpaired) electrons. The second-order valence-corrected chi connectivity index (χ2v) is 58.9. The normalized spacial score (nSPS) is 13.6. The van der Waals surface area contributed by atoms with Gasteiger partial charge in [-0.2, -0.15) is 0 Å². The molecule has 0 spiro atoms. The second-order valence-electron chi connectivity index (χ2n) is 58.0. The quantitative estimate of drug-likeness (QED) is 0.0216. The van der Waals surface area contributed by atoms with Crippen LogP contribution >= 0.6 is 8.60 Å². The highest BCUT2D eigenvalue weighted by atomic mass is 31.2. The number of hydrogen-bond acceptors (Lipinski definition) is 3. The van der Waals surface area contributed by atoms with Gasteiger partial charge in [0.15, 0.2) is 0 Å². The minimum atomic E-state index is -2.93. The van der Waals surface area contributed by atoms with Gasteiger partial charge in [0, 0.05) is 0 Å². The molecule has 0 unspecified atom stereocenters. The maximum atomic E-state index is 9.97. The number of hydrogen-bond donors (Lipinski definition) is 0. The predicted octanol–water partition coefficient (Wildman–Crippen LogP) is 45.9. The van der Waals surface area contributed by atoms with Crippen molar-refractivity contribution in [3.63, 3.8) is 0 Å². The topological polar surface area (TPSA) is 27.7 Å². The first-order chi connectivity index (χ1) is 67.2. The fourth-order valence-corrected chi connectivity index (χ4v) is 24.0. The van der Waals surface area contributed by atoms with Crippen LogP contribution in [0.1, 0.15) is 659 Å². The van der Waals surface area contributed by atoms with Gasteiger partial charge in [-0.3, -0.25) is 13.6 Å². The zero-order chi connectivity index (χ0) is 109. The van der Waals surface area contributed by atoms with E-state index < -0.39 is 57.9 Å². The third kappa shape index (κ3) is 37.9. The van der Waals surface area contributed by atoms with Crippen molar-refractivity contribution in [2.24, 2.45) is 0 Å². The van der Waals surface area contributed by atoms with Crippen molar-refractivity contribution < 1.29 is 13.6 Å². The molecule has 0 aliphatic heterocycles. The summed E-state index contributed by atoms with van der Waals surface area (Å²) >= 11 is 0. The first kappa shape index (κ1) is 129. The monoisotopic (exact) mass is 2000 g/mol. The maximum absolute atomic E-state index is 9.97. The Bertz CT molecular complexity index is 4160. The largest absolute Gasteiger partial charge is 0.337 e. The van der Waals surface area contributed by atoms with Crippen LogP contribution < -0.4 is 0 Å². The van der Waals surface area contributed by atoms with Gasteiger partial charge in [-0.05, 0) is 220 Å². The van der Waals surface area contributed by atoms with E-state index in [1.165, 1.54) is 279 Å². The Balaban J connectivity index is 2.06. The minimum Gasteiger partial charge on any atom is -0.291 e. The lowest BCUT2D eigenvalue weighted by Gasteiger charge is -2.50. The summed E-state index contributed by atoms with van der Waals surface area (Å²) in [4.78, 5) is 0.